The Hall–Kier alpha value is -1.99. The Labute approximate surface area is 160 Å². The fourth-order valence-corrected chi connectivity index (χ4v) is 4.00. The van der Waals surface area contributed by atoms with Gasteiger partial charge in [0.15, 0.2) is 11.5 Å². The maximum atomic E-state index is 11.3. The van der Waals surface area contributed by atoms with Gasteiger partial charge in [0.25, 0.3) is 0 Å². The zero-order chi connectivity index (χ0) is 18.7. The van der Waals surface area contributed by atoms with Crippen molar-refractivity contribution in [2.45, 2.75) is 18.9 Å². The van der Waals surface area contributed by atoms with Crippen molar-refractivity contribution >= 4 is 21.9 Å². The van der Waals surface area contributed by atoms with E-state index < -0.39 is 5.97 Å². The van der Waals surface area contributed by atoms with Gasteiger partial charge in [0, 0.05) is 4.47 Å². The third-order valence-electron chi connectivity index (χ3n) is 4.85. The number of ether oxygens (including phenoxy) is 2. The lowest BCUT2D eigenvalue weighted by molar-refractivity contribution is -0.143. The van der Waals surface area contributed by atoms with Gasteiger partial charge in [-0.15, -0.1) is 0 Å². The summed E-state index contributed by atoms with van der Waals surface area (Å²) >= 11 is 3.64. The van der Waals surface area contributed by atoms with Crippen LogP contribution in [-0.2, 0) is 4.79 Å². The summed E-state index contributed by atoms with van der Waals surface area (Å²) in [5, 5.41) is 9.26. The minimum Gasteiger partial charge on any atom is -0.493 e. The molecule has 0 aliphatic carbocycles. The van der Waals surface area contributed by atoms with Crippen molar-refractivity contribution in [2.75, 3.05) is 27.3 Å². The lowest BCUT2D eigenvalue weighted by Gasteiger charge is -2.36. The fraction of sp³-hybridized carbons (Fsp3) is 0.421. The number of hydrogen-bond donors (Lipinski definition) is 1. The van der Waals surface area contributed by atoms with Crippen molar-refractivity contribution in [3.63, 3.8) is 0 Å². The van der Waals surface area contributed by atoms with E-state index in [1.54, 1.807) is 20.5 Å². The molecule has 0 saturated carbocycles. The topological polar surface area (TPSA) is 72.1 Å². The Morgan fingerprint density at radius 1 is 1.27 bits per heavy atom. The summed E-state index contributed by atoms with van der Waals surface area (Å²) in [6, 6.07) is 7.50. The Bertz CT molecular complexity index is 754. The second kappa shape index (κ2) is 8.14. The Balaban J connectivity index is 1.97. The van der Waals surface area contributed by atoms with Gasteiger partial charge in [-0.3, -0.25) is 9.69 Å². The van der Waals surface area contributed by atoms with Crippen molar-refractivity contribution < 1.29 is 23.8 Å². The van der Waals surface area contributed by atoms with Gasteiger partial charge in [-0.2, -0.15) is 0 Å². The first kappa shape index (κ1) is 18.8. The molecule has 0 amide bonds. The molecule has 3 rings (SSSR count). The zero-order valence-electron chi connectivity index (χ0n) is 14.8. The van der Waals surface area contributed by atoms with Crippen LogP contribution in [0.5, 0.6) is 11.5 Å². The number of aliphatic carboxylic acids is 1. The van der Waals surface area contributed by atoms with E-state index in [0.29, 0.717) is 37.4 Å². The van der Waals surface area contributed by atoms with Gasteiger partial charge in [-0.1, -0.05) is 15.9 Å². The monoisotopic (exact) mass is 423 g/mol. The van der Waals surface area contributed by atoms with Crippen molar-refractivity contribution in [1.82, 2.24) is 4.90 Å². The summed E-state index contributed by atoms with van der Waals surface area (Å²) in [7, 11) is 3.21. The van der Waals surface area contributed by atoms with Crippen LogP contribution < -0.4 is 9.47 Å². The number of halogens is 1. The van der Waals surface area contributed by atoms with Gasteiger partial charge >= 0.3 is 5.97 Å². The molecule has 1 aromatic carbocycles. The number of hydrogen-bond acceptors (Lipinski definition) is 5. The highest BCUT2D eigenvalue weighted by molar-refractivity contribution is 9.10. The molecule has 6 nitrogen and oxygen atoms in total. The largest absolute Gasteiger partial charge is 0.493 e. The zero-order valence-corrected chi connectivity index (χ0v) is 16.4. The van der Waals surface area contributed by atoms with Crippen LogP contribution in [0.25, 0.3) is 0 Å². The Kier molecular flexibility index (Phi) is 5.88. The number of furan rings is 1. The van der Waals surface area contributed by atoms with Gasteiger partial charge in [-0.25, -0.2) is 0 Å². The number of nitrogens with zero attached hydrogens (tertiary/aromatic N) is 1. The van der Waals surface area contributed by atoms with Gasteiger partial charge in [0.1, 0.15) is 5.76 Å². The number of rotatable bonds is 6. The standard InChI is InChI=1S/C19H22BrNO5/c1-24-16-10-13(14(20)11-17(16)25-2)18(15-4-3-9-26-15)21-7-5-12(6-8-21)19(22)23/h3-4,9-12,18H,5-8H2,1-2H3,(H,22,23). The molecule has 1 atom stereocenters. The minimum absolute atomic E-state index is 0.131. The lowest BCUT2D eigenvalue weighted by atomic mass is 9.93. The second-order valence-electron chi connectivity index (χ2n) is 6.30. The highest BCUT2D eigenvalue weighted by atomic mass is 79.9. The molecular formula is C19H22BrNO5. The van der Waals surface area contributed by atoms with Crippen LogP contribution in [0.1, 0.15) is 30.2 Å². The molecule has 1 N–H and O–H groups in total. The third kappa shape index (κ3) is 3.73. The first-order valence-corrected chi connectivity index (χ1v) is 9.26. The molecule has 0 radical (unpaired) electrons. The molecular weight excluding hydrogens is 402 g/mol. The molecule has 1 unspecified atom stereocenters. The van der Waals surface area contributed by atoms with E-state index in [9.17, 15) is 9.90 Å². The summed E-state index contributed by atoms with van der Waals surface area (Å²) < 4.78 is 17.4. The number of methoxy groups -OCH3 is 2. The highest BCUT2D eigenvalue weighted by Gasteiger charge is 2.33. The molecule has 0 bridgehead atoms. The van der Waals surface area contributed by atoms with Crippen molar-refractivity contribution in [3.8, 4) is 11.5 Å². The van der Waals surface area contributed by atoms with Crippen LogP contribution in [0, 0.1) is 5.92 Å². The normalized spacial score (nSPS) is 17.0. The molecule has 0 spiro atoms. The maximum Gasteiger partial charge on any atom is 0.306 e. The first-order chi connectivity index (χ1) is 12.5. The predicted octanol–water partition coefficient (Wildman–Crippen LogP) is 3.95. The molecule has 1 aromatic heterocycles. The van der Waals surface area contributed by atoms with Gasteiger partial charge in [0.2, 0.25) is 0 Å². The van der Waals surface area contributed by atoms with Crippen molar-refractivity contribution in [1.29, 1.82) is 0 Å². The highest BCUT2D eigenvalue weighted by Crippen LogP contribution is 2.41. The maximum absolute atomic E-state index is 11.3. The minimum atomic E-state index is -0.716. The molecule has 2 aromatic rings. The average Bonchev–Trinajstić information content (AvgIpc) is 3.17. The van der Waals surface area contributed by atoms with E-state index in [1.807, 2.05) is 24.3 Å². The Morgan fingerprint density at radius 3 is 2.46 bits per heavy atom. The molecule has 1 fully saturated rings. The number of carboxylic acids is 1. The van der Waals surface area contributed by atoms with E-state index in [0.717, 1.165) is 15.8 Å². The van der Waals surface area contributed by atoms with E-state index in [1.165, 1.54) is 0 Å². The van der Waals surface area contributed by atoms with Crippen LogP contribution in [0.3, 0.4) is 0 Å². The second-order valence-corrected chi connectivity index (χ2v) is 7.15. The first-order valence-electron chi connectivity index (χ1n) is 8.46. The van der Waals surface area contributed by atoms with Crippen LogP contribution in [-0.4, -0.2) is 43.3 Å². The molecule has 26 heavy (non-hydrogen) atoms. The summed E-state index contributed by atoms with van der Waals surface area (Å²) in [6.07, 6.45) is 2.90. The van der Waals surface area contributed by atoms with Crippen LogP contribution in [0.15, 0.2) is 39.4 Å². The molecule has 1 aliphatic heterocycles. The Morgan fingerprint density at radius 2 is 1.92 bits per heavy atom. The molecule has 1 saturated heterocycles. The van der Waals surface area contributed by atoms with E-state index in [-0.39, 0.29) is 12.0 Å². The van der Waals surface area contributed by atoms with Crippen molar-refractivity contribution in [3.05, 3.63) is 46.3 Å². The predicted molar refractivity (Wildman–Crippen MR) is 99.7 cm³/mol. The summed E-state index contributed by atoms with van der Waals surface area (Å²) in [5.74, 6) is 1.10. The summed E-state index contributed by atoms with van der Waals surface area (Å²) in [4.78, 5) is 13.5. The number of carbonyl (C=O) groups is 1. The molecule has 140 valence electrons. The van der Waals surface area contributed by atoms with Gasteiger partial charge in [-0.05, 0) is 55.8 Å². The average molecular weight is 424 g/mol. The smallest absolute Gasteiger partial charge is 0.306 e. The fourth-order valence-electron chi connectivity index (χ4n) is 3.46. The van der Waals surface area contributed by atoms with Gasteiger partial charge in [0.05, 0.1) is 32.4 Å². The molecule has 2 heterocycles. The van der Waals surface area contributed by atoms with E-state index >= 15 is 0 Å². The summed E-state index contributed by atoms with van der Waals surface area (Å²) in [6.45, 7) is 1.37. The van der Waals surface area contributed by atoms with Crippen LogP contribution >= 0.6 is 15.9 Å². The lowest BCUT2D eigenvalue weighted by Crippen LogP contribution is -2.39. The van der Waals surface area contributed by atoms with Crippen LogP contribution in [0.2, 0.25) is 0 Å². The quantitative estimate of drug-likeness (QED) is 0.758. The van der Waals surface area contributed by atoms with Gasteiger partial charge < -0.3 is 19.0 Å². The van der Waals surface area contributed by atoms with Crippen LogP contribution in [0.4, 0.5) is 0 Å². The molecule has 1 aliphatic rings. The van der Waals surface area contributed by atoms with Crippen molar-refractivity contribution in [2.24, 2.45) is 5.92 Å². The SMILES string of the molecule is COc1cc(Br)c(C(c2ccco2)N2CCC(C(=O)O)CC2)cc1OC. The number of piperidine rings is 1. The number of likely N-dealkylation sites (tertiary alicyclic amines) is 1. The van der Waals surface area contributed by atoms with E-state index in [2.05, 4.69) is 20.8 Å². The summed E-state index contributed by atoms with van der Waals surface area (Å²) in [5.41, 5.74) is 0.992. The van der Waals surface area contributed by atoms with E-state index in [4.69, 9.17) is 13.9 Å². The number of carboxylic acid groups (broad SMARTS) is 1. The molecule has 7 heteroatoms. The number of benzene rings is 1. The third-order valence-corrected chi connectivity index (χ3v) is 5.54.